The number of nitrogens with one attached hydrogen (secondary N) is 2. The molecular weight excluding hydrogens is 467 g/mol. The van der Waals surface area contributed by atoms with Gasteiger partial charge in [-0.1, -0.05) is 44.8 Å². The van der Waals surface area contributed by atoms with E-state index in [1.54, 1.807) is 0 Å². The Bertz CT molecular complexity index is 345. The second-order valence-electron chi connectivity index (χ2n) is 6.22. The van der Waals surface area contributed by atoms with Gasteiger partial charge in [-0.2, -0.15) is 0 Å². The van der Waals surface area contributed by atoms with E-state index in [1.807, 2.05) is 19.1 Å². The monoisotopic (exact) mass is 494 g/mol. The Balaban J connectivity index is 0.00000361. The van der Waals surface area contributed by atoms with Crippen molar-refractivity contribution in [2.75, 3.05) is 0 Å². The van der Waals surface area contributed by atoms with Crippen LogP contribution in [0, 0.1) is 55.4 Å². The van der Waals surface area contributed by atoms with Crippen LogP contribution < -0.4 is 5.32 Å². The first-order chi connectivity index (χ1) is 8.83. The first-order valence-electron chi connectivity index (χ1n) is 7.16. The van der Waals surface area contributed by atoms with Crippen molar-refractivity contribution in [3.8, 4) is 0 Å². The molecule has 1 aliphatic heterocycles. The average Bonchev–Trinajstić information content (AvgIpc) is 2.72. The van der Waals surface area contributed by atoms with Gasteiger partial charge >= 0.3 is 5.97 Å². The van der Waals surface area contributed by atoms with Gasteiger partial charge < -0.3 is 16.2 Å². The Morgan fingerprint density at radius 2 is 2.15 bits per heavy atom. The van der Waals surface area contributed by atoms with Gasteiger partial charge in [-0.15, -0.1) is 6.04 Å². The zero-order valence-corrected chi connectivity index (χ0v) is 17.8. The minimum absolute atomic E-state index is 0. The summed E-state index contributed by atoms with van der Waals surface area (Å²) >= 11 is 0. The minimum atomic E-state index is -0.808. The zero-order chi connectivity index (χ0) is 14.6. The second kappa shape index (κ2) is 8.88. The molecule has 20 heavy (non-hydrogen) atoms. The summed E-state index contributed by atoms with van der Waals surface area (Å²) in [5, 5.41) is 12.3. The Kier molecular flexibility index (Phi) is 9.13. The summed E-state index contributed by atoms with van der Waals surface area (Å²) in [6, 6.07) is -0.881. The molecule has 1 aliphatic rings. The number of carboxylic acids is 1. The van der Waals surface area contributed by atoms with E-state index < -0.39 is 12.0 Å². The molecule has 0 aromatic rings. The average molecular weight is 494 g/mol. The van der Waals surface area contributed by atoms with Crippen LogP contribution in [-0.2, 0) is 4.79 Å². The molecule has 5 heteroatoms. The van der Waals surface area contributed by atoms with E-state index in [0.29, 0.717) is 6.42 Å². The van der Waals surface area contributed by atoms with E-state index in [9.17, 15) is 4.79 Å². The van der Waals surface area contributed by atoms with Crippen LogP contribution in [0.15, 0.2) is 12.2 Å². The normalized spacial score (nSPS) is 28.4. The number of aliphatic carboxylic acids is 1. The van der Waals surface area contributed by atoms with Crippen molar-refractivity contribution < 1.29 is 54.0 Å². The van der Waals surface area contributed by atoms with Crippen molar-refractivity contribution in [3.05, 3.63) is 17.9 Å². The molecule has 0 saturated carbocycles. The molecule has 4 atom stereocenters. The number of hydrogen-bond acceptors (Lipinski definition) is 2. The van der Waals surface area contributed by atoms with Gasteiger partial charge in [0, 0.05) is 44.1 Å². The maximum atomic E-state index is 11.1. The summed E-state index contributed by atoms with van der Waals surface area (Å²) in [5.74, 6) is -0.665. The van der Waals surface area contributed by atoms with Crippen LogP contribution in [0.3, 0.4) is 0 Å². The number of carboxylic acid groups (broad SMARTS) is 1. The van der Waals surface area contributed by atoms with Crippen LogP contribution in [0.5, 0.6) is 0 Å². The van der Waals surface area contributed by atoms with E-state index in [2.05, 4.69) is 26.1 Å². The summed E-state index contributed by atoms with van der Waals surface area (Å²) in [4.78, 5) is 11.1. The zero-order valence-electron chi connectivity index (χ0n) is 13.0. The van der Waals surface area contributed by atoms with Crippen molar-refractivity contribution >= 4 is 5.97 Å². The summed E-state index contributed by atoms with van der Waals surface area (Å²) in [7, 11) is 0. The van der Waals surface area contributed by atoms with Gasteiger partial charge in [-0.05, 0) is 31.7 Å². The Hall–Kier alpha value is 0.572. The molecule has 0 bridgehead atoms. The largest absolute Gasteiger partial charge is 0.673 e. The molecule has 3 N–H and O–H groups in total. The van der Waals surface area contributed by atoms with Gasteiger partial charge in [-0.3, -0.25) is 4.79 Å². The van der Waals surface area contributed by atoms with Crippen molar-refractivity contribution in [1.29, 1.82) is 0 Å². The molecule has 0 spiro atoms. The smallest absolute Gasteiger partial charge is 0.320 e. The summed E-state index contributed by atoms with van der Waals surface area (Å²) in [6.07, 6.45) is 6.63. The maximum Gasteiger partial charge on any atom is 0.320 e. The van der Waals surface area contributed by atoms with Crippen LogP contribution in [0.25, 0.3) is 5.73 Å². The second-order valence-corrected chi connectivity index (χ2v) is 6.22. The fourth-order valence-corrected chi connectivity index (χ4v) is 3.09. The molecule has 1 saturated heterocycles. The van der Waals surface area contributed by atoms with E-state index in [1.165, 1.54) is 0 Å². The molecule has 1 heterocycles. The van der Waals surface area contributed by atoms with Crippen LogP contribution >= 0.6 is 0 Å². The fourth-order valence-electron chi connectivity index (χ4n) is 3.09. The minimum Gasteiger partial charge on any atom is -0.673 e. The van der Waals surface area contributed by atoms with Crippen LogP contribution in [-0.4, -0.2) is 29.2 Å². The SMILES string of the molecule is C/C=C\[C@@H]1C[C@H](C(=O)O)N[C@H]1[C@@H]([NH-])C(C)(C)CCC.[Ac]. The van der Waals surface area contributed by atoms with E-state index in [-0.39, 0.29) is 67.5 Å². The molecule has 4 nitrogen and oxygen atoms in total. The van der Waals surface area contributed by atoms with E-state index in [4.69, 9.17) is 10.8 Å². The predicted molar refractivity (Wildman–Crippen MR) is 78.1 cm³/mol. The third-order valence-electron chi connectivity index (χ3n) is 4.20. The molecule has 0 aliphatic carbocycles. The van der Waals surface area contributed by atoms with E-state index in [0.717, 1.165) is 12.8 Å². The first kappa shape index (κ1) is 20.6. The van der Waals surface area contributed by atoms with Gasteiger partial charge in [-0.25, -0.2) is 0 Å². The molecule has 0 aromatic heterocycles. The molecule has 113 valence electrons. The van der Waals surface area contributed by atoms with Gasteiger partial charge in [0.05, 0.1) is 0 Å². The fraction of sp³-hybridized carbons (Fsp3) is 0.800. The molecule has 1 radical (unpaired) electrons. The summed E-state index contributed by atoms with van der Waals surface area (Å²) < 4.78 is 0. The number of rotatable bonds is 6. The third-order valence-corrected chi connectivity index (χ3v) is 4.20. The molecule has 1 rings (SSSR count). The molecule has 0 unspecified atom stereocenters. The summed E-state index contributed by atoms with van der Waals surface area (Å²) in [6.45, 7) is 8.29. The number of hydrogen-bond donors (Lipinski definition) is 2. The maximum absolute atomic E-state index is 11.1. The Morgan fingerprint density at radius 1 is 1.55 bits per heavy atom. The summed E-state index contributed by atoms with van der Waals surface area (Å²) in [5.41, 5.74) is 8.43. The van der Waals surface area contributed by atoms with Crippen molar-refractivity contribution in [3.63, 3.8) is 0 Å². The Morgan fingerprint density at radius 3 is 2.60 bits per heavy atom. The number of allylic oxidation sites excluding steroid dienone is 1. The van der Waals surface area contributed by atoms with Crippen LogP contribution in [0.2, 0.25) is 0 Å². The van der Waals surface area contributed by atoms with Crippen molar-refractivity contribution in [1.82, 2.24) is 5.32 Å². The predicted octanol–water partition coefficient (Wildman–Crippen LogP) is 3.24. The molecule has 0 aromatic carbocycles. The standard InChI is InChI=1S/C15H27N2O2.Ac/c1-5-7-10-9-11(14(18)19)17-12(10)13(16)15(3,4)8-6-2;/h5,7,10-13,16-17H,6,8-9H2,1-4H3,(H,18,19);/q-1;/b7-5-;/t10-,11-,12-,13-;/m1./s1. The van der Waals surface area contributed by atoms with Gasteiger partial charge in [0.15, 0.2) is 0 Å². The van der Waals surface area contributed by atoms with Gasteiger partial charge in [0.2, 0.25) is 0 Å². The molecule has 0 amide bonds. The number of carbonyl (C=O) groups is 1. The molecule has 1 fully saturated rings. The van der Waals surface area contributed by atoms with Crippen molar-refractivity contribution in [2.45, 2.75) is 65.1 Å². The topological polar surface area (TPSA) is 73.1 Å². The quantitative estimate of drug-likeness (QED) is 0.557. The van der Waals surface area contributed by atoms with Crippen molar-refractivity contribution in [2.24, 2.45) is 11.3 Å². The third kappa shape index (κ3) is 5.09. The van der Waals surface area contributed by atoms with Gasteiger partial charge in [0.1, 0.15) is 6.04 Å². The molecular formula is C15H27AcN2O2-. The van der Waals surface area contributed by atoms with E-state index >= 15 is 0 Å². The van der Waals surface area contributed by atoms with Crippen LogP contribution in [0.4, 0.5) is 0 Å². The van der Waals surface area contributed by atoms with Gasteiger partial charge in [0.25, 0.3) is 0 Å². The Labute approximate surface area is 158 Å². The first-order valence-corrected chi connectivity index (χ1v) is 7.16. The van der Waals surface area contributed by atoms with Crippen LogP contribution in [0.1, 0.15) is 47.0 Å².